The van der Waals surface area contributed by atoms with Crippen LogP contribution in [0.4, 0.5) is 0 Å². The van der Waals surface area contributed by atoms with Gasteiger partial charge in [-0.05, 0) is 35.9 Å². The zero-order chi connectivity index (χ0) is 22.0. The van der Waals surface area contributed by atoms with Crippen molar-refractivity contribution in [2.45, 2.75) is 6.10 Å². The molecule has 1 unspecified atom stereocenters. The molecule has 0 bridgehead atoms. The van der Waals surface area contributed by atoms with Gasteiger partial charge in [0.15, 0.2) is 11.5 Å². The minimum absolute atomic E-state index is 0.0810. The van der Waals surface area contributed by atoms with E-state index in [1.54, 1.807) is 18.2 Å². The third-order valence-corrected chi connectivity index (χ3v) is 6.05. The summed E-state index contributed by atoms with van der Waals surface area (Å²) in [6.07, 6.45) is 0.487. The smallest absolute Gasteiger partial charge is 0.275 e. The number of aliphatic hydroxyl groups is 2. The van der Waals surface area contributed by atoms with Gasteiger partial charge in [-0.25, -0.2) is 4.98 Å². The van der Waals surface area contributed by atoms with Crippen LogP contribution in [0.3, 0.4) is 0 Å². The largest absolute Gasteiger partial charge is 0.493 e. The van der Waals surface area contributed by atoms with Gasteiger partial charge >= 0.3 is 0 Å². The number of rotatable bonds is 7. The summed E-state index contributed by atoms with van der Waals surface area (Å²) in [5, 5.41) is 19.1. The molecule has 0 aliphatic carbocycles. The summed E-state index contributed by atoms with van der Waals surface area (Å²) in [5.74, 6) is 0.782. The maximum absolute atomic E-state index is 13.1. The number of fused-ring (bicyclic) bond motifs is 1. The van der Waals surface area contributed by atoms with Crippen molar-refractivity contribution in [3.63, 3.8) is 0 Å². The van der Waals surface area contributed by atoms with Crippen LogP contribution in [-0.4, -0.2) is 46.2 Å². The van der Waals surface area contributed by atoms with E-state index in [0.29, 0.717) is 32.4 Å². The summed E-state index contributed by atoms with van der Waals surface area (Å²) in [5.41, 5.74) is 1.96. The first-order valence-corrected chi connectivity index (χ1v) is 10.6. The van der Waals surface area contributed by atoms with Crippen molar-refractivity contribution in [2.24, 2.45) is 0 Å². The molecule has 1 atom stereocenters. The Morgan fingerprint density at radius 2 is 1.94 bits per heavy atom. The van der Waals surface area contributed by atoms with Crippen molar-refractivity contribution < 1.29 is 19.7 Å². The van der Waals surface area contributed by atoms with Crippen LogP contribution in [0.5, 0.6) is 11.5 Å². The topological polar surface area (TPSA) is 93.8 Å². The van der Waals surface area contributed by atoms with Gasteiger partial charge < -0.3 is 19.7 Å². The second-order valence-corrected chi connectivity index (χ2v) is 8.22. The fraction of sp³-hybridized carbons (Fsp3) is 0.182. The Hall–Kier alpha value is -2.91. The number of hydrogen-bond acceptors (Lipinski definition) is 7. The number of benzene rings is 2. The van der Waals surface area contributed by atoms with Gasteiger partial charge in [0.2, 0.25) is 0 Å². The van der Waals surface area contributed by atoms with E-state index in [4.69, 9.17) is 26.2 Å². The van der Waals surface area contributed by atoms with E-state index in [1.165, 1.54) is 29.3 Å². The quantitative estimate of drug-likeness (QED) is 0.440. The highest BCUT2D eigenvalue weighted by atomic mass is 35.5. The monoisotopic (exact) mass is 458 g/mol. The van der Waals surface area contributed by atoms with E-state index in [0.717, 1.165) is 10.4 Å². The summed E-state index contributed by atoms with van der Waals surface area (Å²) in [6, 6.07) is 14.3. The molecule has 0 saturated carbocycles. The Kier molecular flexibility index (Phi) is 6.24. The Morgan fingerprint density at radius 1 is 1.16 bits per heavy atom. The predicted molar refractivity (Wildman–Crippen MR) is 121 cm³/mol. The highest BCUT2D eigenvalue weighted by molar-refractivity contribution is 7.22. The van der Waals surface area contributed by atoms with Gasteiger partial charge in [-0.2, -0.15) is 0 Å². The molecule has 0 amide bonds. The third kappa shape index (κ3) is 4.42. The van der Waals surface area contributed by atoms with Crippen molar-refractivity contribution in [2.75, 3.05) is 20.3 Å². The third-order valence-electron chi connectivity index (χ3n) is 4.63. The minimum atomic E-state index is -0.993. The first kappa shape index (κ1) is 21.3. The molecule has 160 valence electrons. The van der Waals surface area contributed by atoms with Crippen molar-refractivity contribution in [3.05, 3.63) is 70.2 Å². The maximum Gasteiger partial charge on any atom is 0.275 e. The second-order valence-electron chi connectivity index (χ2n) is 6.73. The molecule has 2 aromatic heterocycles. The predicted octanol–water partition coefficient (Wildman–Crippen LogP) is 3.51. The fourth-order valence-electron chi connectivity index (χ4n) is 3.02. The summed E-state index contributed by atoms with van der Waals surface area (Å²) in [4.78, 5) is 18.5. The van der Waals surface area contributed by atoms with E-state index in [1.807, 2.05) is 30.3 Å². The van der Waals surface area contributed by atoms with Crippen LogP contribution in [0, 0.1) is 0 Å². The van der Waals surface area contributed by atoms with E-state index in [-0.39, 0.29) is 12.2 Å². The van der Waals surface area contributed by atoms with Crippen molar-refractivity contribution in [3.8, 4) is 27.6 Å². The lowest BCUT2D eigenvalue weighted by Gasteiger charge is -2.14. The Bertz CT molecular complexity index is 1270. The highest BCUT2D eigenvalue weighted by Gasteiger charge is 2.14. The lowest BCUT2D eigenvalue weighted by atomic mass is 10.2. The van der Waals surface area contributed by atoms with Crippen molar-refractivity contribution in [1.29, 1.82) is 0 Å². The number of hydrogen-bond donors (Lipinski definition) is 2. The molecule has 31 heavy (non-hydrogen) atoms. The van der Waals surface area contributed by atoms with E-state index in [2.05, 4.69) is 4.98 Å². The molecule has 2 aromatic carbocycles. The van der Waals surface area contributed by atoms with Crippen LogP contribution >= 0.6 is 22.9 Å². The summed E-state index contributed by atoms with van der Waals surface area (Å²) >= 11 is 7.34. The van der Waals surface area contributed by atoms with E-state index < -0.39 is 12.7 Å². The van der Waals surface area contributed by atoms with Gasteiger partial charge in [0, 0.05) is 16.0 Å². The number of thiophene rings is 1. The minimum Gasteiger partial charge on any atom is -0.493 e. The standard InChI is InChI=1S/C22H19ClN2O5S/c1-29-19-8-15(6-7-18(19)30-11-16(27)10-26)25-12-24-17-9-20(31-21(17)22(25)28)13-2-4-14(23)5-3-13/h2-9,12,16,26-27H,10-11H2,1H3. The molecule has 0 spiro atoms. The number of nitrogens with zero attached hydrogens (tertiary/aromatic N) is 2. The normalized spacial score (nSPS) is 12.1. The summed E-state index contributed by atoms with van der Waals surface area (Å²) in [6.45, 7) is -0.483. The molecular weight excluding hydrogens is 440 g/mol. The number of halogens is 1. The molecule has 2 N–H and O–H groups in total. The van der Waals surface area contributed by atoms with Gasteiger partial charge in [0.1, 0.15) is 23.7 Å². The van der Waals surface area contributed by atoms with Crippen molar-refractivity contribution >= 4 is 33.2 Å². The van der Waals surface area contributed by atoms with E-state index in [9.17, 15) is 9.90 Å². The Labute approximate surface area is 186 Å². The van der Waals surface area contributed by atoms with Crippen LogP contribution < -0.4 is 15.0 Å². The van der Waals surface area contributed by atoms with Gasteiger partial charge in [-0.15, -0.1) is 11.3 Å². The molecule has 4 aromatic rings. The first-order valence-electron chi connectivity index (χ1n) is 9.37. The Balaban J connectivity index is 1.70. The van der Waals surface area contributed by atoms with Crippen molar-refractivity contribution in [1.82, 2.24) is 9.55 Å². The maximum atomic E-state index is 13.1. The van der Waals surface area contributed by atoms with E-state index >= 15 is 0 Å². The highest BCUT2D eigenvalue weighted by Crippen LogP contribution is 2.33. The zero-order valence-corrected chi connectivity index (χ0v) is 18.1. The molecule has 0 aliphatic rings. The number of methoxy groups -OCH3 is 1. The molecule has 0 aliphatic heterocycles. The van der Waals surface area contributed by atoms with Gasteiger partial charge in [-0.1, -0.05) is 23.7 Å². The molecule has 0 saturated heterocycles. The second kappa shape index (κ2) is 9.07. The molecular formula is C22H19ClN2O5S. The molecule has 2 heterocycles. The SMILES string of the molecule is COc1cc(-n2cnc3cc(-c4ccc(Cl)cc4)sc3c2=O)ccc1OCC(O)CO. The van der Waals surface area contributed by atoms with Gasteiger partial charge in [0.05, 0.1) is 24.9 Å². The first-order chi connectivity index (χ1) is 15.0. The number of ether oxygens (including phenoxy) is 2. The summed E-state index contributed by atoms with van der Waals surface area (Å²) < 4.78 is 12.8. The molecule has 9 heteroatoms. The van der Waals surface area contributed by atoms with Gasteiger partial charge in [-0.3, -0.25) is 9.36 Å². The summed E-state index contributed by atoms with van der Waals surface area (Å²) in [7, 11) is 1.48. The number of aliphatic hydroxyl groups excluding tert-OH is 2. The van der Waals surface area contributed by atoms with Crippen LogP contribution in [0.25, 0.3) is 26.3 Å². The molecule has 4 rings (SSSR count). The van der Waals surface area contributed by atoms with Crippen LogP contribution in [-0.2, 0) is 0 Å². The van der Waals surface area contributed by atoms with Crippen LogP contribution in [0.2, 0.25) is 5.02 Å². The van der Waals surface area contributed by atoms with Crippen LogP contribution in [0.15, 0.2) is 59.7 Å². The molecule has 7 nitrogen and oxygen atoms in total. The number of aromatic nitrogens is 2. The lowest BCUT2D eigenvalue weighted by Crippen LogP contribution is -2.21. The van der Waals surface area contributed by atoms with Gasteiger partial charge in [0.25, 0.3) is 5.56 Å². The average molecular weight is 459 g/mol. The fourth-order valence-corrected chi connectivity index (χ4v) is 4.19. The Morgan fingerprint density at radius 3 is 2.65 bits per heavy atom. The molecule has 0 radical (unpaired) electrons. The zero-order valence-electron chi connectivity index (χ0n) is 16.5. The van der Waals surface area contributed by atoms with Crippen LogP contribution in [0.1, 0.15) is 0 Å². The average Bonchev–Trinajstić information content (AvgIpc) is 3.23. The lowest BCUT2D eigenvalue weighted by molar-refractivity contribution is 0.0527. The molecule has 0 fully saturated rings.